The molecule has 0 spiro atoms. The minimum Gasteiger partial charge on any atom is -0.324 e. The Morgan fingerprint density at radius 2 is 1.26 bits per heavy atom. The third kappa shape index (κ3) is 7.92. The summed E-state index contributed by atoms with van der Waals surface area (Å²) < 4.78 is 0. The lowest BCUT2D eigenvalue weighted by Gasteiger charge is -2.22. The van der Waals surface area contributed by atoms with Gasteiger partial charge in [-0.2, -0.15) is 0 Å². The summed E-state index contributed by atoms with van der Waals surface area (Å²) in [6, 6.07) is 43.0. The highest BCUT2D eigenvalue weighted by Crippen LogP contribution is 2.39. The van der Waals surface area contributed by atoms with Crippen LogP contribution < -0.4 is 16.0 Å². The summed E-state index contributed by atoms with van der Waals surface area (Å²) in [5, 5.41) is 8.27. The molecule has 0 fully saturated rings. The minimum absolute atomic E-state index is 0.00705. The van der Waals surface area contributed by atoms with Gasteiger partial charge in [-0.15, -0.1) is 11.8 Å². The van der Waals surface area contributed by atoms with Crippen LogP contribution in [0.3, 0.4) is 0 Å². The lowest BCUT2D eigenvalue weighted by molar-refractivity contribution is -0.116. The molecule has 0 bridgehead atoms. The van der Waals surface area contributed by atoms with Gasteiger partial charge in [0.2, 0.25) is 5.91 Å². The number of benzene rings is 6. The topological polar surface area (TPSA) is 121 Å². The second kappa shape index (κ2) is 16.0. The number of halogens is 1. The van der Waals surface area contributed by atoms with Crippen LogP contribution in [0.1, 0.15) is 58.6 Å². The quantitative estimate of drug-likeness (QED) is 0.0949. The number of ketones is 2. The second-order valence-corrected chi connectivity index (χ2v) is 13.9. The van der Waals surface area contributed by atoms with E-state index in [0.29, 0.717) is 37.9 Å². The molecule has 3 amide bonds. The van der Waals surface area contributed by atoms with Gasteiger partial charge in [-0.1, -0.05) is 115 Å². The van der Waals surface area contributed by atoms with Crippen LogP contribution in [0.15, 0.2) is 162 Å². The normalized spacial score (nSPS) is 12.6. The maximum Gasteiger partial charge on any atom is 0.272 e. The largest absolute Gasteiger partial charge is 0.324 e. The Hall–Kier alpha value is -6.55. The van der Waals surface area contributed by atoms with E-state index in [1.165, 1.54) is 11.8 Å². The van der Waals surface area contributed by atoms with Gasteiger partial charge in [-0.05, 0) is 65.7 Å². The number of hydrogen-bond donors (Lipinski definition) is 3. The summed E-state index contributed by atoms with van der Waals surface area (Å²) in [6.45, 7) is 0. The van der Waals surface area contributed by atoms with Gasteiger partial charge in [0.1, 0.15) is 10.9 Å². The summed E-state index contributed by atoms with van der Waals surface area (Å²) in [4.78, 5) is 68.6. The monoisotopic (exact) mass is 747 g/mol. The van der Waals surface area contributed by atoms with Gasteiger partial charge in [0.25, 0.3) is 11.8 Å². The van der Waals surface area contributed by atoms with Gasteiger partial charge in [0.05, 0.1) is 11.3 Å². The fourth-order valence-corrected chi connectivity index (χ4v) is 7.21. The lowest BCUT2D eigenvalue weighted by atomic mass is 9.83. The zero-order valence-corrected chi connectivity index (χ0v) is 30.0. The van der Waals surface area contributed by atoms with Crippen LogP contribution in [0.2, 0.25) is 5.02 Å². The van der Waals surface area contributed by atoms with Crippen molar-refractivity contribution in [2.45, 2.75) is 10.1 Å². The Balaban J connectivity index is 1.14. The van der Waals surface area contributed by atoms with Crippen LogP contribution in [-0.4, -0.2) is 29.3 Å². The molecule has 7 rings (SSSR count). The van der Waals surface area contributed by atoms with Crippen molar-refractivity contribution < 1.29 is 24.0 Å². The Bertz CT molecular complexity index is 2450. The summed E-state index contributed by atoms with van der Waals surface area (Å²) in [5.74, 6) is -2.06. The first-order chi connectivity index (χ1) is 26.2. The van der Waals surface area contributed by atoms with E-state index >= 15 is 0 Å². The van der Waals surface area contributed by atoms with Gasteiger partial charge >= 0.3 is 0 Å². The van der Waals surface area contributed by atoms with E-state index in [1.54, 1.807) is 121 Å². The van der Waals surface area contributed by atoms with E-state index in [1.807, 2.05) is 36.4 Å². The molecule has 0 saturated heterocycles. The van der Waals surface area contributed by atoms with E-state index in [-0.39, 0.29) is 39.6 Å². The first-order valence-electron chi connectivity index (χ1n) is 16.8. The number of hydrogen-bond acceptors (Lipinski definition) is 6. The zero-order chi connectivity index (χ0) is 37.6. The van der Waals surface area contributed by atoms with E-state index in [2.05, 4.69) is 16.0 Å². The Kier molecular flexibility index (Phi) is 10.6. The SMILES string of the molecule is O=C(Nc1cccc(SC(C(=O)Nc2cccc3c2C(=O)c2ccccc2C3=O)c2ccccc2)c1)/C(=C\c1ccc(Cl)cc1)NC(=O)c1ccccc1. The summed E-state index contributed by atoms with van der Waals surface area (Å²) in [5.41, 5.74) is 3.40. The number of rotatable bonds is 10. The molecule has 0 aliphatic heterocycles. The molecule has 1 aliphatic carbocycles. The minimum atomic E-state index is -0.791. The highest BCUT2D eigenvalue weighted by atomic mass is 35.5. The van der Waals surface area contributed by atoms with Crippen molar-refractivity contribution in [3.8, 4) is 0 Å². The lowest BCUT2D eigenvalue weighted by Crippen LogP contribution is -2.30. The standard InChI is InChI=1S/C44H30ClN3O5S/c45-30-23-21-27(22-24-30)25-37(48-42(51)29-13-5-2-6-14-29)43(52)46-31-15-9-16-32(26-31)54-41(28-11-3-1-4-12-28)44(53)47-36-20-10-19-35-38(36)40(50)34-18-8-7-17-33(34)39(35)49/h1-26,41H,(H,46,52)(H,47,53)(H,48,51)/b37-25+. The molecule has 0 heterocycles. The third-order valence-electron chi connectivity index (χ3n) is 8.61. The maximum absolute atomic E-state index is 14.1. The van der Waals surface area contributed by atoms with Crippen molar-refractivity contribution in [1.29, 1.82) is 0 Å². The highest BCUT2D eigenvalue weighted by Gasteiger charge is 2.33. The van der Waals surface area contributed by atoms with Gasteiger partial charge in [0, 0.05) is 37.9 Å². The van der Waals surface area contributed by atoms with Crippen molar-refractivity contribution in [3.05, 3.63) is 201 Å². The number of fused-ring (bicyclic) bond motifs is 2. The maximum atomic E-state index is 14.1. The Morgan fingerprint density at radius 3 is 1.98 bits per heavy atom. The average molecular weight is 748 g/mol. The van der Waals surface area contributed by atoms with Crippen LogP contribution in [0.4, 0.5) is 11.4 Å². The molecule has 1 unspecified atom stereocenters. The molecular weight excluding hydrogens is 718 g/mol. The van der Waals surface area contributed by atoms with Crippen LogP contribution in [0.25, 0.3) is 6.08 Å². The smallest absolute Gasteiger partial charge is 0.272 e. The van der Waals surface area contributed by atoms with Crippen molar-refractivity contribution in [3.63, 3.8) is 0 Å². The first-order valence-corrected chi connectivity index (χ1v) is 18.1. The zero-order valence-electron chi connectivity index (χ0n) is 28.4. The molecule has 10 heteroatoms. The number of thioether (sulfide) groups is 1. The van der Waals surface area contributed by atoms with Gasteiger partial charge in [-0.25, -0.2) is 0 Å². The molecule has 6 aromatic rings. The first kappa shape index (κ1) is 35.8. The third-order valence-corrected chi connectivity index (χ3v) is 10.1. The van der Waals surface area contributed by atoms with Crippen LogP contribution in [-0.2, 0) is 9.59 Å². The summed E-state index contributed by atoms with van der Waals surface area (Å²) >= 11 is 7.31. The summed E-state index contributed by atoms with van der Waals surface area (Å²) in [6.07, 6.45) is 1.56. The van der Waals surface area contributed by atoms with E-state index in [9.17, 15) is 24.0 Å². The van der Waals surface area contributed by atoms with Crippen molar-refractivity contribution in [2.24, 2.45) is 0 Å². The molecule has 1 atom stereocenters. The van der Waals surface area contributed by atoms with Crippen LogP contribution in [0, 0.1) is 0 Å². The van der Waals surface area contributed by atoms with Crippen molar-refractivity contribution in [1.82, 2.24) is 5.32 Å². The van der Waals surface area contributed by atoms with E-state index < -0.39 is 23.0 Å². The van der Waals surface area contributed by atoms with E-state index in [4.69, 9.17) is 11.6 Å². The molecule has 0 saturated carbocycles. The molecule has 1 aliphatic rings. The number of nitrogens with one attached hydrogen (secondary N) is 3. The number of amides is 3. The van der Waals surface area contributed by atoms with Gasteiger partial charge in [0.15, 0.2) is 11.6 Å². The van der Waals surface area contributed by atoms with Gasteiger partial charge < -0.3 is 16.0 Å². The number of anilines is 2. The summed E-state index contributed by atoms with van der Waals surface area (Å²) in [7, 11) is 0. The second-order valence-electron chi connectivity index (χ2n) is 12.2. The fourth-order valence-electron chi connectivity index (χ4n) is 6.00. The molecule has 264 valence electrons. The highest BCUT2D eigenvalue weighted by molar-refractivity contribution is 8.00. The molecule has 0 radical (unpaired) electrons. The molecule has 8 nitrogen and oxygen atoms in total. The van der Waals surface area contributed by atoms with Gasteiger partial charge in [-0.3, -0.25) is 24.0 Å². The van der Waals surface area contributed by atoms with Crippen LogP contribution in [0.5, 0.6) is 0 Å². The molecular formula is C44H30ClN3O5S. The number of carbonyl (C=O) groups excluding carboxylic acids is 5. The average Bonchev–Trinajstić information content (AvgIpc) is 3.20. The van der Waals surface area contributed by atoms with Crippen molar-refractivity contribution >= 4 is 70.1 Å². The molecule has 0 aromatic heterocycles. The predicted molar refractivity (Wildman–Crippen MR) is 212 cm³/mol. The number of carbonyl (C=O) groups is 5. The Morgan fingerprint density at radius 1 is 0.630 bits per heavy atom. The molecule has 3 N–H and O–H groups in total. The van der Waals surface area contributed by atoms with Crippen molar-refractivity contribution in [2.75, 3.05) is 10.6 Å². The van der Waals surface area contributed by atoms with E-state index in [0.717, 1.165) is 0 Å². The predicted octanol–water partition coefficient (Wildman–Crippen LogP) is 9.00. The molecule has 6 aromatic carbocycles. The Labute approximate surface area is 320 Å². The fraction of sp³-hybridized carbons (Fsp3) is 0.0227. The van der Waals surface area contributed by atoms with Crippen LogP contribution >= 0.6 is 23.4 Å². The molecule has 54 heavy (non-hydrogen) atoms.